The molecule has 7 heteroatoms. The number of benzene rings is 1. The van der Waals surface area contributed by atoms with E-state index in [-0.39, 0.29) is 18.1 Å². The molecule has 138 valence electrons. The van der Waals surface area contributed by atoms with Crippen molar-refractivity contribution in [3.05, 3.63) is 24.3 Å². The SMILES string of the molecule is C[C@@H]1CN(C(=O)CSc2nc(NC3CC3)c3ccccc3n2)C[C@@H](C)O1. The highest BCUT2D eigenvalue weighted by atomic mass is 32.2. The van der Waals surface area contributed by atoms with Gasteiger partial charge in [0.1, 0.15) is 5.82 Å². The Morgan fingerprint density at radius 1 is 1.23 bits per heavy atom. The van der Waals surface area contributed by atoms with E-state index in [1.54, 1.807) is 0 Å². The minimum atomic E-state index is 0.0824. The van der Waals surface area contributed by atoms with Crippen molar-refractivity contribution in [2.45, 2.75) is 50.1 Å². The molecule has 1 aromatic heterocycles. The Kier molecular flexibility index (Phi) is 5.00. The van der Waals surface area contributed by atoms with Crippen molar-refractivity contribution < 1.29 is 9.53 Å². The molecular weight excluding hydrogens is 348 g/mol. The van der Waals surface area contributed by atoms with Crippen LogP contribution in [0.1, 0.15) is 26.7 Å². The van der Waals surface area contributed by atoms with E-state index in [1.807, 2.05) is 43.0 Å². The molecule has 26 heavy (non-hydrogen) atoms. The molecule has 6 nitrogen and oxygen atoms in total. The lowest BCUT2D eigenvalue weighted by atomic mass is 10.2. The van der Waals surface area contributed by atoms with Crippen LogP contribution in [0.3, 0.4) is 0 Å². The van der Waals surface area contributed by atoms with Gasteiger partial charge in [-0.2, -0.15) is 0 Å². The molecule has 2 fully saturated rings. The van der Waals surface area contributed by atoms with Crippen LogP contribution in [-0.2, 0) is 9.53 Å². The quantitative estimate of drug-likeness (QED) is 0.643. The van der Waals surface area contributed by atoms with Gasteiger partial charge in [-0.25, -0.2) is 9.97 Å². The lowest BCUT2D eigenvalue weighted by Crippen LogP contribution is -2.48. The van der Waals surface area contributed by atoms with Crippen LogP contribution >= 0.6 is 11.8 Å². The number of amides is 1. The number of rotatable bonds is 5. The average molecular weight is 372 g/mol. The number of ether oxygens (including phenoxy) is 1. The Morgan fingerprint density at radius 2 is 1.96 bits per heavy atom. The first-order chi connectivity index (χ1) is 12.6. The van der Waals surface area contributed by atoms with Gasteiger partial charge in [-0.3, -0.25) is 4.79 Å². The third-order valence-corrected chi connectivity index (χ3v) is 5.43. The number of carbonyl (C=O) groups is 1. The zero-order valence-corrected chi connectivity index (χ0v) is 16.0. The van der Waals surface area contributed by atoms with E-state index in [9.17, 15) is 4.79 Å². The van der Waals surface area contributed by atoms with Gasteiger partial charge in [0.05, 0.1) is 23.5 Å². The number of aromatic nitrogens is 2. The summed E-state index contributed by atoms with van der Waals surface area (Å²) in [6.45, 7) is 5.31. The summed E-state index contributed by atoms with van der Waals surface area (Å²) in [5, 5.41) is 5.17. The smallest absolute Gasteiger partial charge is 0.233 e. The number of nitrogens with one attached hydrogen (secondary N) is 1. The first-order valence-electron chi connectivity index (χ1n) is 9.18. The molecule has 1 N–H and O–H groups in total. The summed E-state index contributed by atoms with van der Waals surface area (Å²) in [5.74, 6) is 1.34. The fourth-order valence-corrected chi connectivity index (χ4v) is 4.00. The molecular formula is C19H24N4O2S. The molecule has 2 atom stereocenters. The van der Waals surface area contributed by atoms with Crippen molar-refractivity contribution in [3.8, 4) is 0 Å². The van der Waals surface area contributed by atoms with Crippen LogP contribution in [0.15, 0.2) is 29.4 Å². The third-order valence-electron chi connectivity index (χ3n) is 4.60. The summed E-state index contributed by atoms with van der Waals surface area (Å²) in [6, 6.07) is 8.53. The van der Waals surface area contributed by atoms with Gasteiger partial charge in [-0.1, -0.05) is 23.9 Å². The largest absolute Gasteiger partial charge is 0.372 e. The van der Waals surface area contributed by atoms with Gasteiger partial charge >= 0.3 is 0 Å². The summed E-state index contributed by atoms with van der Waals surface area (Å²) < 4.78 is 5.70. The van der Waals surface area contributed by atoms with Crippen molar-refractivity contribution in [1.29, 1.82) is 0 Å². The second-order valence-electron chi connectivity index (χ2n) is 7.14. The molecule has 2 aliphatic rings. The lowest BCUT2D eigenvalue weighted by Gasteiger charge is -2.35. The number of morpholine rings is 1. The van der Waals surface area contributed by atoms with Crippen LogP contribution in [0.5, 0.6) is 0 Å². The highest BCUT2D eigenvalue weighted by Crippen LogP contribution is 2.29. The Labute approximate surface area is 157 Å². The number of hydrogen-bond acceptors (Lipinski definition) is 6. The van der Waals surface area contributed by atoms with Gasteiger partial charge in [-0.05, 0) is 38.8 Å². The Morgan fingerprint density at radius 3 is 2.69 bits per heavy atom. The van der Waals surface area contributed by atoms with Crippen molar-refractivity contribution >= 4 is 34.4 Å². The summed E-state index contributed by atoms with van der Waals surface area (Å²) in [6.07, 6.45) is 2.54. The molecule has 1 aliphatic heterocycles. The van der Waals surface area contributed by atoms with Crippen LogP contribution in [0.2, 0.25) is 0 Å². The van der Waals surface area contributed by atoms with Crippen LogP contribution < -0.4 is 5.32 Å². The molecule has 0 unspecified atom stereocenters. The first-order valence-corrected chi connectivity index (χ1v) is 10.2. The zero-order chi connectivity index (χ0) is 18.1. The number of hydrogen-bond donors (Lipinski definition) is 1. The predicted octanol–water partition coefficient (Wildman–Crippen LogP) is 2.93. The minimum absolute atomic E-state index is 0.0824. The number of thioether (sulfide) groups is 1. The van der Waals surface area contributed by atoms with Gasteiger partial charge in [0, 0.05) is 24.5 Å². The highest BCUT2D eigenvalue weighted by Gasteiger charge is 2.26. The van der Waals surface area contributed by atoms with E-state index in [0.717, 1.165) is 16.7 Å². The number of para-hydroxylation sites is 1. The fourth-order valence-electron chi connectivity index (χ4n) is 3.25. The molecule has 2 heterocycles. The predicted molar refractivity (Wildman–Crippen MR) is 103 cm³/mol. The number of anilines is 1. The second kappa shape index (κ2) is 7.40. The van der Waals surface area contributed by atoms with Gasteiger partial charge in [0.2, 0.25) is 5.91 Å². The van der Waals surface area contributed by atoms with E-state index in [1.165, 1.54) is 24.6 Å². The van der Waals surface area contributed by atoms with Crippen molar-refractivity contribution in [3.63, 3.8) is 0 Å². The van der Waals surface area contributed by atoms with E-state index < -0.39 is 0 Å². The molecule has 4 rings (SSSR count). The van der Waals surface area contributed by atoms with Crippen LogP contribution in [0.4, 0.5) is 5.82 Å². The minimum Gasteiger partial charge on any atom is -0.372 e. The summed E-state index contributed by atoms with van der Waals surface area (Å²) in [4.78, 5) is 23.8. The van der Waals surface area contributed by atoms with Crippen molar-refractivity contribution in [2.75, 3.05) is 24.2 Å². The summed E-state index contributed by atoms with van der Waals surface area (Å²) >= 11 is 1.41. The lowest BCUT2D eigenvalue weighted by molar-refractivity contribution is -0.140. The third kappa shape index (κ3) is 4.10. The summed E-state index contributed by atoms with van der Waals surface area (Å²) in [5.41, 5.74) is 0.911. The zero-order valence-electron chi connectivity index (χ0n) is 15.1. The molecule has 1 saturated carbocycles. The van der Waals surface area contributed by atoms with Crippen LogP contribution in [0, 0.1) is 0 Å². The molecule has 0 spiro atoms. The Hall–Kier alpha value is -1.86. The Bertz CT molecular complexity index is 801. The fraction of sp³-hybridized carbons (Fsp3) is 0.526. The van der Waals surface area contributed by atoms with Crippen molar-refractivity contribution in [2.24, 2.45) is 0 Å². The molecule has 1 amide bonds. The van der Waals surface area contributed by atoms with E-state index in [4.69, 9.17) is 4.74 Å². The molecule has 1 aliphatic carbocycles. The molecule has 2 aromatic rings. The molecule has 1 saturated heterocycles. The number of carbonyl (C=O) groups excluding carboxylic acids is 1. The van der Waals surface area contributed by atoms with Gasteiger partial charge in [0.25, 0.3) is 0 Å². The summed E-state index contributed by atoms with van der Waals surface area (Å²) in [7, 11) is 0. The average Bonchev–Trinajstić information content (AvgIpc) is 3.43. The Balaban J connectivity index is 1.47. The van der Waals surface area contributed by atoms with Crippen molar-refractivity contribution in [1.82, 2.24) is 14.9 Å². The van der Waals surface area contributed by atoms with E-state index in [2.05, 4.69) is 15.3 Å². The van der Waals surface area contributed by atoms with Gasteiger partial charge in [-0.15, -0.1) is 0 Å². The monoisotopic (exact) mass is 372 g/mol. The normalized spacial score (nSPS) is 23.2. The van der Waals surface area contributed by atoms with Gasteiger partial charge < -0.3 is 15.0 Å². The molecule has 0 bridgehead atoms. The standard InChI is InChI=1S/C19H24N4O2S/c1-12-9-23(10-13(2)25-12)17(24)11-26-19-21-16-6-4-3-5-15(16)18(22-19)20-14-7-8-14/h3-6,12-14H,7-11H2,1-2H3,(H,20,21,22)/t12-,13-/m1/s1. The van der Waals surface area contributed by atoms with Gasteiger partial charge in [0.15, 0.2) is 5.16 Å². The molecule has 1 aromatic carbocycles. The van der Waals surface area contributed by atoms with Crippen LogP contribution in [0.25, 0.3) is 10.9 Å². The topological polar surface area (TPSA) is 67.4 Å². The number of fused-ring (bicyclic) bond motifs is 1. The number of nitrogens with zero attached hydrogens (tertiary/aromatic N) is 3. The van der Waals surface area contributed by atoms with E-state index >= 15 is 0 Å². The maximum Gasteiger partial charge on any atom is 0.233 e. The maximum atomic E-state index is 12.6. The first kappa shape index (κ1) is 17.5. The van der Waals surface area contributed by atoms with E-state index in [0.29, 0.717) is 30.0 Å². The second-order valence-corrected chi connectivity index (χ2v) is 8.08. The maximum absolute atomic E-state index is 12.6. The highest BCUT2D eigenvalue weighted by molar-refractivity contribution is 7.99. The van der Waals surface area contributed by atoms with Crippen LogP contribution in [-0.4, -0.2) is 57.9 Å². The molecule has 0 radical (unpaired) electrons.